The highest BCUT2D eigenvalue weighted by molar-refractivity contribution is 6.35. The van der Waals surface area contributed by atoms with Crippen molar-refractivity contribution in [2.45, 2.75) is 26.1 Å². The molecular weight excluding hydrogens is 397 g/mol. The molecule has 0 fully saturated rings. The lowest BCUT2D eigenvalue weighted by molar-refractivity contribution is 0.281. The van der Waals surface area contributed by atoms with Crippen LogP contribution in [-0.4, -0.2) is 23.2 Å². The van der Waals surface area contributed by atoms with Gasteiger partial charge in [0.25, 0.3) is 0 Å². The van der Waals surface area contributed by atoms with Gasteiger partial charge in [-0.2, -0.15) is 0 Å². The summed E-state index contributed by atoms with van der Waals surface area (Å²) >= 11 is 12.5. The average Bonchev–Trinajstić information content (AvgIpc) is 3.21. The number of hydrogen-bond acceptors (Lipinski definition) is 4. The van der Waals surface area contributed by atoms with E-state index in [4.69, 9.17) is 32.7 Å². The van der Waals surface area contributed by atoms with Crippen molar-refractivity contribution in [3.63, 3.8) is 0 Å². The number of methoxy groups -OCH3 is 1. The van der Waals surface area contributed by atoms with Crippen molar-refractivity contribution in [2.24, 2.45) is 0 Å². The fraction of sp³-hybridized carbons (Fsp3) is 0.286. The number of aromatic nitrogens is 2. The Hall–Kier alpha value is -2.21. The first-order valence-electron chi connectivity index (χ1n) is 9.07. The Kier molecular flexibility index (Phi) is 7.60. The zero-order chi connectivity index (χ0) is 19.8. The van der Waals surface area contributed by atoms with Crippen LogP contribution in [0.2, 0.25) is 10.0 Å². The molecule has 1 aromatic heterocycles. The third kappa shape index (κ3) is 5.41. The molecule has 0 amide bonds. The fourth-order valence-corrected chi connectivity index (χ4v) is 3.37. The number of benzene rings is 2. The van der Waals surface area contributed by atoms with Crippen LogP contribution >= 0.6 is 23.2 Å². The fourth-order valence-electron chi connectivity index (χ4n) is 2.87. The summed E-state index contributed by atoms with van der Waals surface area (Å²) < 4.78 is 13.6. The molecule has 28 heavy (non-hydrogen) atoms. The first-order valence-corrected chi connectivity index (χ1v) is 9.82. The first-order chi connectivity index (χ1) is 13.7. The summed E-state index contributed by atoms with van der Waals surface area (Å²) in [7, 11) is 1.63. The molecule has 148 valence electrons. The summed E-state index contributed by atoms with van der Waals surface area (Å²) in [4.78, 5) is 4.05. The highest BCUT2D eigenvalue weighted by atomic mass is 35.5. The summed E-state index contributed by atoms with van der Waals surface area (Å²) in [6.07, 6.45) is 6.59. The lowest BCUT2D eigenvalue weighted by Gasteiger charge is -2.16. The summed E-state index contributed by atoms with van der Waals surface area (Å²) in [5, 5.41) is 4.62. The second kappa shape index (κ2) is 10.4. The predicted octanol–water partition coefficient (Wildman–Crippen LogP) is 4.96. The zero-order valence-electron chi connectivity index (χ0n) is 15.7. The van der Waals surface area contributed by atoms with Crippen molar-refractivity contribution in [2.75, 3.05) is 13.7 Å². The molecule has 0 spiro atoms. The normalized spacial score (nSPS) is 10.8. The molecular formula is C21H23Cl2N3O2. The number of aryl methyl sites for hydroxylation is 1. The van der Waals surface area contributed by atoms with Crippen LogP contribution in [0.15, 0.2) is 55.1 Å². The van der Waals surface area contributed by atoms with Gasteiger partial charge in [-0.05, 0) is 31.2 Å². The van der Waals surface area contributed by atoms with Gasteiger partial charge in [0.05, 0.1) is 13.4 Å². The van der Waals surface area contributed by atoms with E-state index in [1.807, 2.05) is 36.8 Å². The van der Waals surface area contributed by atoms with Gasteiger partial charge >= 0.3 is 0 Å². The van der Waals surface area contributed by atoms with Crippen LogP contribution in [-0.2, 0) is 19.7 Å². The molecule has 3 aromatic rings. The van der Waals surface area contributed by atoms with Crippen molar-refractivity contribution in [1.82, 2.24) is 14.9 Å². The van der Waals surface area contributed by atoms with Crippen molar-refractivity contribution in [1.29, 1.82) is 0 Å². The van der Waals surface area contributed by atoms with Crippen molar-refractivity contribution >= 4 is 23.2 Å². The van der Waals surface area contributed by atoms with E-state index in [1.54, 1.807) is 25.4 Å². The predicted molar refractivity (Wildman–Crippen MR) is 112 cm³/mol. The maximum Gasteiger partial charge on any atom is 0.166 e. The van der Waals surface area contributed by atoms with Gasteiger partial charge in [-0.1, -0.05) is 41.4 Å². The maximum atomic E-state index is 6.26. The molecule has 0 saturated heterocycles. The lowest BCUT2D eigenvalue weighted by atomic mass is 10.1. The maximum absolute atomic E-state index is 6.26. The molecule has 7 heteroatoms. The first kappa shape index (κ1) is 20.5. The topological polar surface area (TPSA) is 48.3 Å². The van der Waals surface area contributed by atoms with Gasteiger partial charge in [-0.15, -0.1) is 0 Å². The average molecular weight is 420 g/mol. The van der Waals surface area contributed by atoms with Crippen LogP contribution in [0.3, 0.4) is 0 Å². The minimum Gasteiger partial charge on any atom is -0.493 e. The lowest BCUT2D eigenvalue weighted by Crippen LogP contribution is -2.17. The van der Waals surface area contributed by atoms with E-state index in [1.165, 1.54) is 0 Å². The minimum atomic E-state index is 0.270. The number of nitrogens with zero attached hydrogens (tertiary/aromatic N) is 2. The summed E-state index contributed by atoms with van der Waals surface area (Å²) in [6, 6.07) is 11.3. The van der Waals surface area contributed by atoms with Gasteiger partial charge in [0.2, 0.25) is 0 Å². The third-order valence-electron chi connectivity index (χ3n) is 4.35. The van der Waals surface area contributed by atoms with E-state index in [-0.39, 0.29) is 6.61 Å². The van der Waals surface area contributed by atoms with Gasteiger partial charge in [0.1, 0.15) is 6.61 Å². The molecule has 0 aliphatic heterocycles. The van der Waals surface area contributed by atoms with E-state index in [2.05, 4.69) is 14.9 Å². The van der Waals surface area contributed by atoms with Crippen LogP contribution in [0, 0.1) is 0 Å². The Labute approximate surface area is 175 Å². The van der Waals surface area contributed by atoms with E-state index in [9.17, 15) is 0 Å². The SMILES string of the molecule is COc1cccc(CNCCCn2ccnc2)c1OCc1c(Cl)cccc1Cl. The Morgan fingerprint density at radius 2 is 1.89 bits per heavy atom. The number of ether oxygens (including phenoxy) is 2. The molecule has 0 unspecified atom stereocenters. The number of nitrogens with one attached hydrogen (secondary N) is 1. The quantitative estimate of drug-likeness (QED) is 0.471. The van der Waals surface area contributed by atoms with Crippen LogP contribution in [0.4, 0.5) is 0 Å². The molecule has 5 nitrogen and oxygen atoms in total. The number of hydrogen-bond donors (Lipinski definition) is 1. The van der Waals surface area contributed by atoms with Gasteiger partial charge in [-0.25, -0.2) is 4.98 Å². The second-order valence-electron chi connectivity index (χ2n) is 6.27. The van der Waals surface area contributed by atoms with Crippen LogP contribution < -0.4 is 14.8 Å². The highest BCUT2D eigenvalue weighted by Crippen LogP contribution is 2.33. The molecule has 2 aromatic carbocycles. The van der Waals surface area contributed by atoms with Gasteiger partial charge in [0, 0.05) is 46.7 Å². The smallest absolute Gasteiger partial charge is 0.166 e. The molecule has 1 heterocycles. The Morgan fingerprint density at radius 1 is 1.11 bits per heavy atom. The molecule has 0 radical (unpaired) electrons. The van der Waals surface area contributed by atoms with Gasteiger partial charge in [0.15, 0.2) is 11.5 Å². The van der Waals surface area contributed by atoms with E-state index >= 15 is 0 Å². The molecule has 3 rings (SSSR count). The third-order valence-corrected chi connectivity index (χ3v) is 5.06. The Balaban J connectivity index is 1.61. The molecule has 0 saturated carbocycles. The monoisotopic (exact) mass is 419 g/mol. The van der Waals surface area contributed by atoms with Crippen LogP contribution in [0.1, 0.15) is 17.5 Å². The second-order valence-corrected chi connectivity index (χ2v) is 7.08. The summed E-state index contributed by atoms with van der Waals surface area (Å²) in [5.74, 6) is 1.38. The zero-order valence-corrected chi connectivity index (χ0v) is 17.2. The summed E-state index contributed by atoms with van der Waals surface area (Å²) in [5.41, 5.74) is 1.78. The highest BCUT2D eigenvalue weighted by Gasteiger charge is 2.13. The molecule has 0 atom stereocenters. The number of rotatable bonds is 10. The van der Waals surface area contributed by atoms with E-state index in [0.29, 0.717) is 28.1 Å². The van der Waals surface area contributed by atoms with E-state index in [0.717, 1.165) is 30.6 Å². The standard InChI is InChI=1S/C21H23Cl2N3O2/c1-27-20-8-2-5-16(13-24-9-4-11-26-12-10-25-15-26)21(20)28-14-17-18(22)6-3-7-19(17)23/h2-3,5-8,10,12,15,24H,4,9,11,13-14H2,1H3. The van der Waals surface area contributed by atoms with Crippen LogP contribution in [0.25, 0.3) is 0 Å². The van der Waals surface area contributed by atoms with Gasteiger partial charge < -0.3 is 19.4 Å². The van der Waals surface area contributed by atoms with Crippen LogP contribution in [0.5, 0.6) is 11.5 Å². The largest absolute Gasteiger partial charge is 0.493 e. The Bertz CT molecular complexity index is 865. The van der Waals surface area contributed by atoms with Crippen molar-refractivity contribution in [3.8, 4) is 11.5 Å². The number of halogens is 2. The number of imidazole rings is 1. The molecule has 0 bridgehead atoms. The molecule has 0 aliphatic carbocycles. The van der Waals surface area contributed by atoms with Gasteiger partial charge in [-0.3, -0.25) is 0 Å². The van der Waals surface area contributed by atoms with Crippen molar-refractivity contribution in [3.05, 3.63) is 76.3 Å². The minimum absolute atomic E-state index is 0.270. The Morgan fingerprint density at radius 3 is 2.61 bits per heavy atom. The van der Waals surface area contributed by atoms with E-state index < -0.39 is 0 Å². The number of para-hydroxylation sites is 1. The molecule has 0 aliphatic rings. The van der Waals surface area contributed by atoms with Crippen molar-refractivity contribution < 1.29 is 9.47 Å². The summed E-state index contributed by atoms with van der Waals surface area (Å²) in [6.45, 7) is 2.75. The molecule has 1 N–H and O–H groups in total.